The topological polar surface area (TPSA) is 66.6 Å². The molecule has 1 N–H and O–H groups in total. The minimum Gasteiger partial charge on any atom is -0.391 e. The van der Waals surface area contributed by atoms with E-state index in [1.807, 2.05) is 0 Å². The molecule has 1 heterocycles. The molecule has 0 spiro atoms. The fourth-order valence-corrected chi connectivity index (χ4v) is 2.12. The maximum absolute atomic E-state index is 13.7. The Kier molecular flexibility index (Phi) is 3.42. The average Bonchev–Trinajstić information content (AvgIpc) is 2.27. The van der Waals surface area contributed by atoms with Crippen molar-refractivity contribution in [2.24, 2.45) is 0 Å². The fraction of sp³-hybridized carbons (Fsp3) is 0.455. The second-order valence-electron chi connectivity index (χ2n) is 4.26. The quantitative estimate of drug-likeness (QED) is 0.649. The third-order valence-corrected chi connectivity index (χ3v) is 2.93. The van der Waals surface area contributed by atoms with E-state index in [0.29, 0.717) is 31.5 Å². The van der Waals surface area contributed by atoms with Crippen LogP contribution in [-0.4, -0.2) is 29.2 Å². The van der Waals surface area contributed by atoms with Crippen molar-refractivity contribution in [3.05, 3.63) is 33.9 Å². The lowest BCUT2D eigenvalue weighted by Gasteiger charge is -2.32. The number of nitro benzene ring substituents is 1. The zero-order chi connectivity index (χ0) is 13.3. The van der Waals surface area contributed by atoms with E-state index in [9.17, 15) is 24.0 Å². The Morgan fingerprint density at radius 3 is 2.50 bits per heavy atom. The van der Waals surface area contributed by atoms with Crippen molar-refractivity contribution in [3.63, 3.8) is 0 Å². The van der Waals surface area contributed by atoms with Gasteiger partial charge in [0.15, 0.2) is 11.6 Å². The molecule has 0 aliphatic carbocycles. The van der Waals surface area contributed by atoms with Crippen molar-refractivity contribution in [2.75, 3.05) is 18.0 Å². The van der Waals surface area contributed by atoms with E-state index in [1.165, 1.54) is 4.90 Å². The van der Waals surface area contributed by atoms with Gasteiger partial charge in [0.25, 0.3) is 5.69 Å². The van der Waals surface area contributed by atoms with Gasteiger partial charge in [0.2, 0.25) is 0 Å². The molecule has 98 valence electrons. The third kappa shape index (κ3) is 2.40. The van der Waals surface area contributed by atoms with Gasteiger partial charge in [-0.15, -0.1) is 0 Å². The van der Waals surface area contributed by atoms with Crippen LogP contribution in [0.5, 0.6) is 0 Å². The number of aliphatic hydroxyl groups excluding tert-OH is 1. The number of non-ortho nitro benzene ring substituents is 1. The molecule has 18 heavy (non-hydrogen) atoms. The molecular formula is C11H12F2N2O3. The molecule has 1 saturated heterocycles. The molecule has 1 atom stereocenters. The van der Waals surface area contributed by atoms with Gasteiger partial charge in [-0.1, -0.05) is 0 Å². The first-order chi connectivity index (χ1) is 8.49. The third-order valence-electron chi connectivity index (χ3n) is 2.93. The van der Waals surface area contributed by atoms with Gasteiger partial charge in [0.1, 0.15) is 5.69 Å². The molecule has 1 aliphatic heterocycles. The zero-order valence-corrected chi connectivity index (χ0v) is 9.47. The highest BCUT2D eigenvalue weighted by molar-refractivity contribution is 5.54. The van der Waals surface area contributed by atoms with Crippen LogP contribution in [0.25, 0.3) is 0 Å². The van der Waals surface area contributed by atoms with E-state index in [4.69, 9.17) is 0 Å². The second-order valence-corrected chi connectivity index (χ2v) is 4.26. The molecule has 0 aromatic heterocycles. The molecule has 1 aromatic carbocycles. The first kappa shape index (κ1) is 12.7. The number of aliphatic hydroxyl groups is 1. The normalized spacial score (nSPS) is 19.9. The SMILES string of the molecule is O=[N+]([O-])c1cc(F)c(N2CCCC(O)C2)c(F)c1. The highest BCUT2D eigenvalue weighted by Gasteiger charge is 2.25. The van der Waals surface area contributed by atoms with E-state index in [-0.39, 0.29) is 12.2 Å². The minimum absolute atomic E-state index is 0.131. The van der Waals surface area contributed by atoms with Gasteiger partial charge in [-0.2, -0.15) is 0 Å². The molecular weight excluding hydrogens is 246 g/mol. The molecule has 0 amide bonds. The van der Waals surface area contributed by atoms with Crippen LogP contribution < -0.4 is 4.90 Å². The average molecular weight is 258 g/mol. The number of nitro groups is 1. The van der Waals surface area contributed by atoms with Crippen molar-refractivity contribution in [2.45, 2.75) is 18.9 Å². The summed E-state index contributed by atoms with van der Waals surface area (Å²) in [6, 6.07) is 1.39. The Bertz CT molecular complexity index is 458. The Hall–Kier alpha value is -1.76. The Morgan fingerprint density at radius 2 is 2.00 bits per heavy atom. The lowest BCUT2D eigenvalue weighted by molar-refractivity contribution is -0.385. The molecule has 1 unspecified atom stereocenters. The number of hydrogen-bond acceptors (Lipinski definition) is 4. The Balaban J connectivity index is 2.36. The van der Waals surface area contributed by atoms with Crippen molar-refractivity contribution < 1.29 is 18.8 Å². The van der Waals surface area contributed by atoms with Crippen LogP contribution in [0.2, 0.25) is 0 Å². The second kappa shape index (κ2) is 4.85. The van der Waals surface area contributed by atoms with Crippen molar-refractivity contribution >= 4 is 11.4 Å². The van der Waals surface area contributed by atoms with Crippen LogP contribution in [0, 0.1) is 21.7 Å². The van der Waals surface area contributed by atoms with Crippen molar-refractivity contribution in [1.29, 1.82) is 0 Å². The van der Waals surface area contributed by atoms with Crippen molar-refractivity contribution in [1.82, 2.24) is 0 Å². The maximum Gasteiger partial charge on any atom is 0.275 e. The van der Waals surface area contributed by atoms with Gasteiger partial charge < -0.3 is 10.0 Å². The molecule has 0 bridgehead atoms. The lowest BCUT2D eigenvalue weighted by atomic mass is 10.1. The predicted molar refractivity (Wildman–Crippen MR) is 60.5 cm³/mol. The number of halogens is 2. The van der Waals surface area contributed by atoms with Gasteiger partial charge in [-0.3, -0.25) is 10.1 Å². The Morgan fingerprint density at radius 1 is 1.39 bits per heavy atom. The summed E-state index contributed by atoms with van der Waals surface area (Å²) in [5, 5.41) is 19.9. The number of piperidine rings is 1. The summed E-state index contributed by atoms with van der Waals surface area (Å²) in [6.07, 6.45) is 0.580. The first-order valence-electron chi connectivity index (χ1n) is 5.55. The highest BCUT2D eigenvalue weighted by atomic mass is 19.1. The summed E-state index contributed by atoms with van der Waals surface area (Å²) >= 11 is 0. The van der Waals surface area contributed by atoms with Crippen LogP contribution in [-0.2, 0) is 0 Å². The minimum atomic E-state index is -0.976. The van der Waals surface area contributed by atoms with Crippen molar-refractivity contribution in [3.8, 4) is 0 Å². The maximum atomic E-state index is 13.7. The monoisotopic (exact) mass is 258 g/mol. The van der Waals surface area contributed by atoms with Crippen LogP contribution in [0.1, 0.15) is 12.8 Å². The number of nitrogens with zero attached hydrogens (tertiary/aromatic N) is 2. The molecule has 1 fully saturated rings. The molecule has 0 saturated carbocycles. The standard InChI is InChI=1S/C11H12F2N2O3/c12-9-4-7(15(17)18)5-10(13)11(9)14-3-1-2-8(16)6-14/h4-5,8,16H,1-3,6H2. The van der Waals surface area contributed by atoms with Crippen LogP contribution >= 0.6 is 0 Å². The smallest absolute Gasteiger partial charge is 0.275 e. The fourth-order valence-electron chi connectivity index (χ4n) is 2.12. The Labute approximate surface area is 102 Å². The van der Waals surface area contributed by atoms with Crippen LogP contribution in [0.15, 0.2) is 12.1 Å². The van der Waals surface area contributed by atoms with Gasteiger partial charge in [0, 0.05) is 13.1 Å². The molecule has 0 radical (unpaired) electrons. The summed E-state index contributed by atoms with van der Waals surface area (Å²) in [5.41, 5.74) is -0.925. The van der Waals surface area contributed by atoms with Gasteiger partial charge >= 0.3 is 0 Å². The van der Waals surface area contributed by atoms with E-state index in [2.05, 4.69) is 0 Å². The number of rotatable bonds is 2. The molecule has 5 nitrogen and oxygen atoms in total. The van der Waals surface area contributed by atoms with E-state index in [1.54, 1.807) is 0 Å². The highest BCUT2D eigenvalue weighted by Crippen LogP contribution is 2.30. The molecule has 2 rings (SSSR count). The van der Waals surface area contributed by atoms with Gasteiger partial charge in [0.05, 0.1) is 23.2 Å². The summed E-state index contributed by atoms with van der Waals surface area (Å²) < 4.78 is 27.4. The van der Waals surface area contributed by atoms with Crippen LogP contribution in [0.3, 0.4) is 0 Å². The number of hydrogen-bond donors (Lipinski definition) is 1. The summed E-state index contributed by atoms with van der Waals surface area (Å²) in [6.45, 7) is 0.550. The lowest BCUT2D eigenvalue weighted by Crippen LogP contribution is -2.39. The summed E-state index contributed by atoms with van der Waals surface area (Å²) in [7, 11) is 0. The first-order valence-corrected chi connectivity index (χ1v) is 5.55. The van der Waals surface area contributed by atoms with E-state index >= 15 is 0 Å². The summed E-state index contributed by atoms with van der Waals surface area (Å²) in [4.78, 5) is 11.0. The van der Waals surface area contributed by atoms with Gasteiger partial charge in [-0.05, 0) is 12.8 Å². The number of anilines is 1. The summed E-state index contributed by atoms with van der Waals surface area (Å²) in [5.74, 6) is -1.95. The molecule has 1 aromatic rings. The predicted octanol–water partition coefficient (Wildman–Crippen LogP) is 1.83. The number of β-amino-alcohol motifs (C(OH)–C–C–N with tert-alkyl or cyclic N) is 1. The molecule has 7 heteroatoms. The molecule has 1 aliphatic rings. The largest absolute Gasteiger partial charge is 0.391 e. The number of benzene rings is 1. The van der Waals surface area contributed by atoms with E-state index < -0.39 is 28.3 Å². The van der Waals surface area contributed by atoms with Gasteiger partial charge in [-0.25, -0.2) is 8.78 Å². The van der Waals surface area contributed by atoms with E-state index in [0.717, 1.165) is 0 Å². The van der Waals surface area contributed by atoms with Crippen LogP contribution in [0.4, 0.5) is 20.2 Å². The zero-order valence-electron chi connectivity index (χ0n) is 9.47.